The molecule has 228 valence electrons. The van der Waals surface area contributed by atoms with Gasteiger partial charge in [0.15, 0.2) is 0 Å². The van der Waals surface area contributed by atoms with Crippen LogP contribution < -0.4 is 5.32 Å². The molecule has 18 heteroatoms. The molecule has 1 saturated carbocycles. The molecule has 1 aliphatic carbocycles. The Kier molecular flexibility index (Phi) is 10.0. The third-order valence-electron chi connectivity index (χ3n) is 6.99. The first-order valence-corrected chi connectivity index (χ1v) is 13.2. The van der Waals surface area contributed by atoms with Crippen LogP contribution in [-0.4, -0.2) is 96.7 Å². The van der Waals surface area contributed by atoms with E-state index in [1.54, 1.807) is 11.3 Å². The van der Waals surface area contributed by atoms with Gasteiger partial charge in [0.25, 0.3) is 5.91 Å². The lowest BCUT2D eigenvalue weighted by atomic mass is 9.93. The summed E-state index contributed by atoms with van der Waals surface area (Å²) in [6.07, 6.45) is -5.69. The van der Waals surface area contributed by atoms with Crippen molar-refractivity contribution >= 4 is 29.2 Å². The van der Waals surface area contributed by atoms with E-state index in [0.717, 1.165) is 57.8 Å². The highest BCUT2D eigenvalue weighted by Gasteiger charge is 2.46. The van der Waals surface area contributed by atoms with Crippen molar-refractivity contribution in [2.45, 2.75) is 69.3 Å². The maximum atomic E-state index is 12.7. The van der Waals surface area contributed by atoms with E-state index >= 15 is 0 Å². The molecule has 0 bridgehead atoms. The molecule has 3 N–H and O–H groups in total. The van der Waals surface area contributed by atoms with Gasteiger partial charge >= 0.3 is 24.3 Å². The zero-order chi connectivity index (χ0) is 30.6. The number of rotatable bonds is 4. The average molecular weight is 615 g/mol. The van der Waals surface area contributed by atoms with Gasteiger partial charge in [0.2, 0.25) is 5.82 Å². The summed E-state index contributed by atoms with van der Waals surface area (Å²) in [6, 6.07) is 2.53. The Labute approximate surface area is 233 Å². The van der Waals surface area contributed by atoms with E-state index in [9.17, 15) is 31.1 Å². The molecule has 1 saturated heterocycles. The Morgan fingerprint density at radius 1 is 1.07 bits per heavy atom. The molecule has 0 radical (unpaired) electrons. The predicted octanol–water partition coefficient (Wildman–Crippen LogP) is 2.98. The summed E-state index contributed by atoms with van der Waals surface area (Å²) in [5.74, 6) is -4.19. The fourth-order valence-electron chi connectivity index (χ4n) is 4.54. The molecular formula is C23H28F6N6O5S. The van der Waals surface area contributed by atoms with Crippen LogP contribution in [0.25, 0.3) is 0 Å². The minimum atomic E-state index is -5.08. The maximum absolute atomic E-state index is 12.7. The third kappa shape index (κ3) is 8.38. The summed E-state index contributed by atoms with van der Waals surface area (Å²) in [5, 5.41) is 30.3. The van der Waals surface area contributed by atoms with Crippen LogP contribution >= 0.6 is 11.3 Å². The van der Waals surface area contributed by atoms with Crippen LogP contribution in [0, 0.1) is 0 Å². The number of halogens is 6. The van der Waals surface area contributed by atoms with E-state index in [-0.39, 0.29) is 11.4 Å². The standard InChI is InChI=1S/C19H26N6OS.2C2HF3O2/c1-23-10-16-21-22-17(18(26)20-15-3-2-4-15)25(16)13-19(23)6-7-24(12-19)9-14-5-8-27-11-14;2*3-2(4,5)1(6)7/h5,8,11,15H,2-4,6-7,9-10,12-13H2,1H3,(H,20,26);2*(H,6,7). The van der Waals surface area contributed by atoms with Gasteiger partial charge < -0.3 is 20.1 Å². The normalized spacial score (nSPS) is 21.1. The fourth-order valence-corrected chi connectivity index (χ4v) is 5.20. The molecule has 4 heterocycles. The smallest absolute Gasteiger partial charge is 0.475 e. The molecule has 2 fully saturated rings. The van der Waals surface area contributed by atoms with Gasteiger partial charge in [-0.3, -0.25) is 14.6 Å². The summed E-state index contributed by atoms with van der Waals surface area (Å²) in [6.45, 7) is 4.64. The number of nitrogens with one attached hydrogen (secondary N) is 1. The van der Waals surface area contributed by atoms with E-state index < -0.39 is 24.3 Å². The highest BCUT2D eigenvalue weighted by Crippen LogP contribution is 2.35. The number of aliphatic carboxylic acids is 2. The monoisotopic (exact) mass is 614 g/mol. The van der Waals surface area contributed by atoms with Gasteiger partial charge in [0.05, 0.1) is 12.1 Å². The van der Waals surface area contributed by atoms with Crippen LogP contribution in [0.3, 0.4) is 0 Å². The number of likely N-dealkylation sites (tertiary alicyclic amines) is 1. The first kappa shape index (κ1) is 32.3. The first-order valence-electron chi connectivity index (χ1n) is 12.3. The van der Waals surface area contributed by atoms with E-state index in [1.165, 1.54) is 12.0 Å². The van der Waals surface area contributed by atoms with Crippen molar-refractivity contribution in [3.05, 3.63) is 34.0 Å². The molecule has 2 aromatic rings. The van der Waals surface area contributed by atoms with Crippen molar-refractivity contribution in [2.75, 3.05) is 20.1 Å². The summed E-state index contributed by atoms with van der Waals surface area (Å²) in [4.78, 5) is 35.4. The second-order valence-electron chi connectivity index (χ2n) is 9.91. The van der Waals surface area contributed by atoms with Crippen molar-refractivity contribution < 1.29 is 50.9 Å². The Morgan fingerprint density at radius 3 is 2.17 bits per heavy atom. The Hall–Kier alpha value is -3.25. The lowest BCUT2D eigenvalue weighted by molar-refractivity contribution is -0.193. The number of hydrogen-bond donors (Lipinski definition) is 3. The minimum absolute atomic E-state index is 0.0525. The molecule has 11 nitrogen and oxygen atoms in total. The number of hydrogen-bond acceptors (Lipinski definition) is 8. The number of fused-ring (bicyclic) bond motifs is 1. The van der Waals surface area contributed by atoms with Gasteiger partial charge in [0, 0.05) is 32.2 Å². The van der Waals surface area contributed by atoms with Gasteiger partial charge in [-0.15, -0.1) is 10.2 Å². The van der Waals surface area contributed by atoms with Crippen LogP contribution in [0.4, 0.5) is 26.3 Å². The minimum Gasteiger partial charge on any atom is -0.475 e. The second-order valence-corrected chi connectivity index (χ2v) is 10.7. The number of carboxylic acids is 2. The fraction of sp³-hybridized carbons (Fsp3) is 0.609. The van der Waals surface area contributed by atoms with Crippen molar-refractivity contribution in [3.63, 3.8) is 0 Å². The van der Waals surface area contributed by atoms with Crippen LogP contribution in [0.5, 0.6) is 0 Å². The predicted molar refractivity (Wildman–Crippen MR) is 131 cm³/mol. The molecule has 1 atom stereocenters. The third-order valence-corrected chi connectivity index (χ3v) is 7.73. The number of amides is 1. The molecular weight excluding hydrogens is 586 g/mol. The summed E-state index contributed by atoms with van der Waals surface area (Å²) < 4.78 is 65.5. The Balaban J connectivity index is 0.000000276. The summed E-state index contributed by atoms with van der Waals surface area (Å²) in [7, 11) is 2.18. The van der Waals surface area contributed by atoms with Crippen molar-refractivity contribution in [1.29, 1.82) is 0 Å². The zero-order valence-corrected chi connectivity index (χ0v) is 22.5. The van der Waals surface area contributed by atoms with E-state index in [4.69, 9.17) is 19.8 Å². The number of alkyl halides is 6. The molecule has 2 aliphatic heterocycles. The quantitative estimate of drug-likeness (QED) is 0.444. The number of carbonyl (C=O) groups is 3. The summed E-state index contributed by atoms with van der Waals surface area (Å²) >= 11 is 1.76. The Morgan fingerprint density at radius 2 is 1.68 bits per heavy atom. The van der Waals surface area contributed by atoms with E-state index in [0.29, 0.717) is 11.9 Å². The first-order chi connectivity index (χ1) is 19.0. The largest absolute Gasteiger partial charge is 0.490 e. The number of aromatic nitrogens is 3. The van der Waals surface area contributed by atoms with Gasteiger partial charge in [0.1, 0.15) is 5.82 Å². The van der Waals surface area contributed by atoms with Crippen LogP contribution in [0.1, 0.15) is 47.7 Å². The molecule has 1 unspecified atom stereocenters. The van der Waals surface area contributed by atoms with Gasteiger partial charge in [-0.05, 0) is 55.1 Å². The van der Waals surface area contributed by atoms with Gasteiger partial charge in [-0.2, -0.15) is 37.7 Å². The molecule has 1 spiro atoms. The molecule has 3 aliphatic rings. The van der Waals surface area contributed by atoms with Crippen LogP contribution in [-0.2, 0) is 29.2 Å². The average Bonchev–Trinajstić information content (AvgIpc) is 3.58. The SMILES string of the molecule is CN1Cc2nnc(C(=O)NC3CCC3)n2CC12CCN(Cc1ccsc1)C2.O=C(O)C(F)(F)F.O=C(O)C(F)(F)F. The maximum Gasteiger partial charge on any atom is 0.490 e. The van der Waals surface area contributed by atoms with Crippen LogP contribution in [0.2, 0.25) is 0 Å². The lowest BCUT2D eigenvalue weighted by Gasteiger charge is -2.43. The van der Waals surface area contributed by atoms with Crippen molar-refractivity contribution in [1.82, 2.24) is 29.9 Å². The lowest BCUT2D eigenvalue weighted by Crippen LogP contribution is -2.55. The number of carbonyl (C=O) groups excluding carboxylic acids is 1. The van der Waals surface area contributed by atoms with Crippen molar-refractivity contribution in [2.24, 2.45) is 0 Å². The van der Waals surface area contributed by atoms with Crippen molar-refractivity contribution in [3.8, 4) is 0 Å². The van der Waals surface area contributed by atoms with E-state index in [2.05, 4.69) is 53.8 Å². The molecule has 0 aromatic carbocycles. The number of nitrogens with zero attached hydrogens (tertiary/aromatic N) is 5. The van der Waals surface area contributed by atoms with Gasteiger partial charge in [-0.1, -0.05) is 0 Å². The second kappa shape index (κ2) is 12.7. The molecule has 2 aromatic heterocycles. The van der Waals surface area contributed by atoms with Crippen LogP contribution in [0.15, 0.2) is 16.8 Å². The molecule has 41 heavy (non-hydrogen) atoms. The zero-order valence-electron chi connectivity index (χ0n) is 21.7. The molecule has 1 amide bonds. The van der Waals surface area contributed by atoms with Gasteiger partial charge in [-0.25, -0.2) is 9.59 Å². The molecule has 5 rings (SSSR count). The topological polar surface area (TPSA) is 141 Å². The number of thiophene rings is 1. The highest BCUT2D eigenvalue weighted by atomic mass is 32.1. The Bertz CT molecular complexity index is 1190. The summed E-state index contributed by atoms with van der Waals surface area (Å²) in [5.41, 5.74) is 1.44. The number of likely N-dealkylation sites (N-methyl/N-ethyl adjacent to an activating group) is 1. The van der Waals surface area contributed by atoms with E-state index in [1.807, 2.05) is 0 Å². The highest BCUT2D eigenvalue weighted by molar-refractivity contribution is 7.07. The number of carboxylic acid groups (broad SMARTS) is 2.